The summed E-state index contributed by atoms with van der Waals surface area (Å²) < 4.78 is 15.5. The van der Waals surface area contributed by atoms with Gasteiger partial charge < -0.3 is 5.11 Å². The van der Waals surface area contributed by atoms with Crippen LogP contribution in [0.1, 0.15) is 61.9 Å². The Labute approximate surface area is 191 Å². The van der Waals surface area contributed by atoms with E-state index in [0.29, 0.717) is 17.6 Å². The van der Waals surface area contributed by atoms with Crippen LogP contribution in [0.25, 0.3) is 32.2 Å². The van der Waals surface area contributed by atoms with Gasteiger partial charge >= 0.3 is 5.97 Å². The van der Waals surface area contributed by atoms with Crippen LogP contribution in [0.2, 0.25) is 0 Å². The van der Waals surface area contributed by atoms with Gasteiger partial charge in [-0.05, 0) is 36.1 Å². The Morgan fingerprint density at radius 1 is 1.16 bits per heavy atom. The molecule has 1 N–H and O–H groups in total. The number of aromatic carboxylic acids is 1. The topological polar surface area (TPSA) is 50.2 Å². The number of carboxylic acids is 1. The van der Waals surface area contributed by atoms with Crippen molar-refractivity contribution in [3.8, 4) is 11.3 Å². The molecule has 32 heavy (non-hydrogen) atoms. The minimum Gasteiger partial charge on any atom is -0.478 e. The maximum absolute atomic E-state index is 14.3. The van der Waals surface area contributed by atoms with E-state index < -0.39 is 11.8 Å². The first kappa shape index (κ1) is 22.4. The summed E-state index contributed by atoms with van der Waals surface area (Å²) in [6.07, 6.45) is 8.09. The van der Waals surface area contributed by atoms with Gasteiger partial charge in [-0.25, -0.2) is 14.2 Å². The Balaban J connectivity index is 0.000000300. The molecule has 0 unspecified atom stereocenters. The van der Waals surface area contributed by atoms with Crippen LogP contribution in [0.15, 0.2) is 47.8 Å². The third-order valence-electron chi connectivity index (χ3n) is 6.26. The quantitative estimate of drug-likeness (QED) is 0.344. The Bertz CT molecular complexity index is 1260. The van der Waals surface area contributed by atoms with Crippen molar-refractivity contribution in [2.24, 2.45) is 5.92 Å². The Kier molecular flexibility index (Phi) is 6.85. The van der Waals surface area contributed by atoms with Crippen LogP contribution in [0.3, 0.4) is 0 Å². The molecule has 0 amide bonds. The molecule has 3 nitrogen and oxygen atoms in total. The molecule has 0 aliphatic heterocycles. The Morgan fingerprint density at radius 3 is 2.56 bits per heavy atom. The highest BCUT2D eigenvalue weighted by atomic mass is 32.1. The molecule has 0 atom stereocenters. The van der Waals surface area contributed by atoms with Crippen molar-refractivity contribution < 1.29 is 14.3 Å². The summed E-state index contributed by atoms with van der Waals surface area (Å²) in [5.41, 5.74) is 2.63. The summed E-state index contributed by atoms with van der Waals surface area (Å²) in [6.45, 7) is 4.31. The van der Waals surface area contributed by atoms with Crippen molar-refractivity contribution in [1.82, 2.24) is 4.98 Å². The standard InChI is InChI=1S/C20H14FNO2S.C7H14/c1-2-11-7-8-15(21)18-13(20(23)24)9-16(22-19(11)18)14-10-25-17-6-4-3-5-12(14)17;1-7-5-3-2-4-6-7/h3-10H,2H2,1H3,(H,23,24);7H,2-6H2,1H3. The summed E-state index contributed by atoms with van der Waals surface area (Å²) >= 11 is 1.58. The zero-order chi connectivity index (χ0) is 22.7. The maximum atomic E-state index is 14.3. The minimum absolute atomic E-state index is 0.0527. The van der Waals surface area contributed by atoms with Crippen molar-refractivity contribution in [2.45, 2.75) is 52.4 Å². The fourth-order valence-corrected chi connectivity index (χ4v) is 5.38. The van der Waals surface area contributed by atoms with Crippen molar-refractivity contribution in [3.05, 3.63) is 64.8 Å². The lowest BCUT2D eigenvalue weighted by molar-refractivity contribution is 0.0698. The van der Waals surface area contributed by atoms with E-state index in [1.54, 1.807) is 17.4 Å². The molecule has 0 radical (unpaired) electrons. The summed E-state index contributed by atoms with van der Waals surface area (Å²) in [5.74, 6) is -0.673. The third kappa shape index (κ3) is 4.53. The van der Waals surface area contributed by atoms with Gasteiger partial charge in [-0.1, -0.05) is 70.2 Å². The first-order chi connectivity index (χ1) is 15.5. The highest BCUT2D eigenvalue weighted by molar-refractivity contribution is 7.17. The third-order valence-corrected chi connectivity index (χ3v) is 7.22. The molecule has 2 aromatic carbocycles. The van der Waals surface area contributed by atoms with Crippen LogP contribution >= 0.6 is 11.3 Å². The average molecular weight is 450 g/mol. The molecule has 5 rings (SSSR count). The average Bonchev–Trinajstić information content (AvgIpc) is 3.24. The predicted octanol–water partition coefficient (Wildman–Crippen LogP) is 8.10. The number of halogens is 1. The van der Waals surface area contributed by atoms with Crippen LogP contribution < -0.4 is 0 Å². The highest BCUT2D eigenvalue weighted by Gasteiger charge is 2.19. The van der Waals surface area contributed by atoms with Gasteiger partial charge in [-0.15, -0.1) is 11.3 Å². The van der Waals surface area contributed by atoms with Gasteiger partial charge in [0.25, 0.3) is 0 Å². The molecular weight excluding hydrogens is 421 g/mol. The number of aromatic nitrogens is 1. The second-order valence-electron chi connectivity index (χ2n) is 8.53. The number of carboxylic acid groups (broad SMARTS) is 1. The molecule has 0 saturated heterocycles. The number of carbonyl (C=O) groups is 1. The van der Waals surface area contributed by atoms with Crippen LogP contribution in [-0.4, -0.2) is 16.1 Å². The molecule has 0 bridgehead atoms. The molecule has 2 aromatic heterocycles. The summed E-state index contributed by atoms with van der Waals surface area (Å²) in [6, 6.07) is 12.4. The summed E-state index contributed by atoms with van der Waals surface area (Å²) in [5, 5.41) is 12.7. The molecular formula is C27H28FNO2S. The number of thiophene rings is 1. The highest BCUT2D eigenvalue weighted by Crippen LogP contribution is 2.36. The molecule has 0 spiro atoms. The first-order valence-electron chi connectivity index (χ1n) is 11.3. The van der Waals surface area contributed by atoms with E-state index in [9.17, 15) is 14.3 Å². The summed E-state index contributed by atoms with van der Waals surface area (Å²) in [7, 11) is 0. The molecule has 4 aromatic rings. The predicted molar refractivity (Wildman–Crippen MR) is 131 cm³/mol. The number of benzene rings is 2. The van der Waals surface area contributed by atoms with E-state index in [2.05, 4.69) is 11.9 Å². The number of aryl methyl sites for hydroxylation is 1. The smallest absolute Gasteiger partial charge is 0.336 e. The molecule has 1 fully saturated rings. The minimum atomic E-state index is -1.15. The van der Waals surface area contributed by atoms with Gasteiger partial charge in [0, 0.05) is 21.0 Å². The van der Waals surface area contributed by atoms with Crippen molar-refractivity contribution in [3.63, 3.8) is 0 Å². The number of rotatable bonds is 3. The number of fused-ring (bicyclic) bond motifs is 2. The molecule has 5 heteroatoms. The van der Waals surface area contributed by atoms with Crippen molar-refractivity contribution >= 4 is 38.3 Å². The maximum Gasteiger partial charge on any atom is 0.336 e. The zero-order valence-corrected chi connectivity index (χ0v) is 19.3. The van der Waals surface area contributed by atoms with Gasteiger partial charge in [0.15, 0.2) is 0 Å². The van der Waals surface area contributed by atoms with E-state index in [-0.39, 0.29) is 10.9 Å². The largest absolute Gasteiger partial charge is 0.478 e. The van der Waals surface area contributed by atoms with Crippen LogP contribution in [-0.2, 0) is 6.42 Å². The molecule has 1 saturated carbocycles. The fourth-order valence-electron chi connectivity index (χ4n) is 4.43. The summed E-state index contributed by atoms with van der Waals surface area (Å²) in [4.78, 5) is 16.4. The van der Waals surface area contributed by atoms with Crippen molar-refractivity contribution in [1.29, 1.82) is 0 Å². The first-order valence-corrected chi connectivity index (χ1v) is 12.2. The lowest BCUT2D eigenvalue weighted by atomic mass is 9.91. The van der Waals surface area contributed by atoms with Gasteiger partial charge in [-0.2, -0.15) is 0 Å². The SMILES string of the molecule is CC1CCCCC1.CCc1ccc(F)c2c(C(=O)O)cc(-c3csc4ccccc34)nc12. The van der Waals surface area contributed by atoms with Crippen LogP contribution in [0, 0.1) is 11.7 Å². The van der Waals surface area contributed by atoms with E-state index >= 15 is 0 Å². The van der Waals surface area contributed by atoms with E-state index in [1.165, 1.54) is 44.2 Å². The van der Waals surface area contributed by atoms with E-state index in [1.807, 2.05) is 36.6 Å². The van der Waals surface area contributed by atoms with Gasteiger partial charge in [0.1, 0.15) is 5.82 Å². The molecule has 1 aliphatic rings. The molecule has 166 valence electrons. The number of hydrogen-bond acceptors (Lipinski definition) is 3. The van der Waals surface area contributed by atoms with E-state index in [4.69, 9.17) is 0 Å². The van der Waals surface area contributed by atoms with Gasteiger partial charge in [0.05, 0.1) is 22.2 Å². The number of pyridine rings is 1. The second-order valence-corrected chi connectivity index (χ2v) is 9.44. The van der Waals surface area contributed by atoms with Gasteiger partial charge in [-0.3, -0.25) is 0 Å². The lowest BCUT2D eigenvalue weighted by Crippen LogP contribution is -2.03. The van der Waals surface area contributed by atoms with Crippen LogP contribution in [0.4, 0.5) is 4.39 Å². The normalized spacial score (nSPS) is 14.3. The van der Waals surface area contributed by atoms with E-state index in [0.717, 1.165) is 27.1 Å². The Hall–Kier alpha value is -2.79. The number of hydrogen-bond donors (Lipinski definition) is 1. The monoisotopic (exact) mass is 449 g/mol. The van der Waals surface area contributed by atoms with Crippen LogP contribution in [0.5, 0.6) is 0 Å². The van der Waals surface area contributed by atoms with Gasteiger partial charge in [0.2, 0.25) is 0 Å². The second kappa shape index (κ2) is 9.78. The van der Waals surface area contributed by atoms with Crippen molar-refractivity contribution in [2.75, 3.05) is 0 Å². The Morgan fingerprint density at radius 2 is 1.91 bits per heavy atom. The zero-order valence-electron chi connectivity index (χ0n) is 18.5. The molecule has 1 aliphatic carbocycles. The molecule has 2 heterocycles. The number of nitrogens with zero attached hydrogens (tertiary/aromatic N) is 1. The fraction of sp³-hybridized carbons (Fsp3) is 0.333. The lowest BCUT2D eigenvalue weighted by Gasteiger charge is -2.15.